The number of esters is 1. The van der Waals surface area contributed by atoms with E-state index >= 15 is 0 Å². The molecule has 2 aromatic carbocycles. The van der Waals surface area contributed by atoms with E-state index in [9.17, 15) is 9.59 Å². The van der Waals surface area contributed by atoms with Crippen molar-refractivity contribution >= 4 is 39.7 Å². The van der Waals surface area contributed by atoms with Gasteiger partial charge in [-0.25, -0.2) is 9.78 Å². The Morgan fingerprint density at radius 3 is 2.55 bits per heavy atom. The third-order valence-corrected chi connectivity index (χ3v) is 5.39. The van der Waals surface area contributed by atoms with Gasteiger partial charge in [0.1, 0.15) is 11.1 Å². The van der Waals surface area contributed by atoms with Crippen molar-refractivity contribution in [3.8, 4) is 0 Å². The number of aromatic nitrogens is 1. The Bertz CT molecular complexity index is 1010. The van der Waals surface area contributed by atoms with Gasteiger partial charge in [0.15, 0.2) is 0 Å². The molecule has 0 aliphatic heterocycles. The lowest BCUT2D eigenvalue weighted by Crippen LogP contribution is -2.18. The molecule has 0 saturated carbocycles. The zero-order valence-corrected chi connectivity index (χ0v) is 17.5. The normalized spacial score (nSPS) is 12.0. The third-order valence-electron chi connectivity index (χ3n) is 4.33. The number of hydrogen-bond acceptors (Lipinski definition) is 6. The fraction of sp³-hybridized carbons (Fsp3) is 0.318. The number of carbonyl (C=O) groups excluding carboxylic acids is 2. The first-order valence-electron chi connectivity index (χ1n) is 9.57. The average molecular weight is 413 g/mol. The second-order valence-electron chi connectivity index (χ2n) is 6.47. The highest BCUT2D eigenvalue weighted by Gasteiger charge is 2.17. The Balaban J connectivity index is 1.80. The van der Waals surface area contributed by atoms with Crippen LogP contribution >= 0.6 is 11.3 Å². The van der Waals surface area contributed by atoms with E-state index < -0.39 is 5.97 Å². The molecule has 3 rings (SSSR count). The first-order chi connectivity index (χ1) is 14.0. The lowest BCUT2D eigenvalue weighted by Gasteiger charge is -2.12. The first-order valence-corrected chi connectivity index (χ1v) is 10.5. The zero-order valence-electron chi connectivity index (χ0n) is 16.7. The number of thiazole rings is 1. The Labute approximate surface area is 173 Å². The van der Waals surface area contributed by atoms with Crippen LogP contribution in [0.25, 0.3) is 10.8 Å². The van der Waals surface area contributed by atoms with Crippen molar-refractivity contribution in [3.63, 3.8) is 0 Å². The van der Waals surface area contributed by atoms with Gasteiger partial charge in [0, 0.05) is 12.0 Å². The SMILES string of the molecule is CCOC(=O)c1cc2ccccc2cc1NC(=O)Cc1csc([C@@H](C)OCC)n1. The molecule has 1 heterocycles. The number of nitrogens with zero attached hydrogens (tertiary/aromatic N) is 1. The third kappa shape index (κ3) is 5.19. The van der Waals surface area contributed by atoms with Crippen molar-refractivity contribution in [2.24, 2.45) is 0 Å². The minimum Gasteiger partial charge on any atom is -0.462 e. The van der Waals surface area contributed by atoms with Crippen LogP contribution in [0, 0.1) is 0 Å². The summed E-state index contributed by atoms with van der Waals surface area (Å²) in [5.41, 5.74) is 1.45. The molecule has 0 spiro atoms. The number of carbonyl (C=O) groups is 2. The molecular weight excluding hydrogens is 388 g/mol. The maximum absolute atomic E-state index is 12.6. The predicted molar refractivity (Wildman–Crippen MR) is 114 cm³/mol. The lowest BCUT2D eigenvalue weighted by atomic mass is 10.0. The van der Waals surface area contributed by atoms with Gasteiger partial charge in [0.25, 0.3) is 0 Å². The van der Waals surface area contributed by atoms with E-state index in [2.05, 4.69) is 10.3 Å². The molecule has 7 heteroatoms. The van der Waals surface area contributed by atoms with Crippen molar-refractivity contribution in [2.75, 3.05) is 18.5 Å². The molecule has 0 aliphatic carbocycles. The van der Waals surface area contributed by atoms with E-state index in [1.54, 1.807) is 19.1 Å². The quantitative estimate of drug-likeness (QED) is 0.540. The van der Waals surface area contributed by atoms with Crippen LogP contribution in [0.3, 0.4) is 0 Å². The first kappa shape index (κ1) is 21.0. The van der Waals surface area contributed by atoms with Crippen LogP contribution in [-0.4, -0.2) is 30.1 Å². The van der Waals surface area contributed by atoms with Gasteiger partial charge in [-0.15, -0.1) is 11.3 Å². The van der Waals surface area contributed by atoms with Crippen LogP contribution in [0.15, 0.2) is 41.8 Å². The van der Waals surface area contributed by atoms with Crippen LogP contribution in [0.2, 0.25) is 0 Å². The lowest BCUT2D eigenvalue weighted by molar-refractivity contribution is -0.115. The summed E-state index contributed by atoms with van der Waals surface area (Å²) in [5, 5.41) is 7.38. The topological polar surface area (TPSA) is 77.5 Å². The summed E-state index contributed by atoms with van der Waals surface area (Å²) in [5.74, 6) is -0.707. The van der Waals surface area contributed by atoms with Crippen molar-refractivity contribution in [1.82, 2.24) is 4.98 Å². The molecule has 152 valence electrons. The highest BCUT2D eigenvalue weighted by atomic mass is 32.1. The number of nitrogens with one attached hydrogen (secondary N) is 1. The van der Waals surface area contributed by atoms with Crippen LogP contribution in [-0.2, 0) is 20.7 Å². The summed E-state index contributed by atoms with van der Waals surface area (Å²) >= 11 is 1.47. The molecule has 0 radical (unpaired) electrons. The predicted octanol–water partition coefficient (Wildman–Crippen LogP) is 4.75. The van der Waals surface area contributed by atoms with E-state index in [4.69, 9.17) is 9.47 Å². The minimum absolute atomic E-state index is 0.0993. The van der Waals surface area contributed by atoms with Gasteiger partial charge >= 0.3 is 5.97 Å². The van der Waals surface area contributed by atoms with E-state index in [0.29, 0.717) is 23.6 Å². The fourth-order valence-electron chi connectivity index (χ4n) is 2.99. The number of anilines is 1. The van der Waals surface area contributed by atoms with E-state index in [1.165, 1.54) is 11.3 Å². The molecule has 1 atom stereocenters. The van der Waals surface area contributed by atoms with E-state index in [0.717, 1.165) is 15.8 Å². The monoisotopic (exact) mass is 412 g/mol. The Morgan fingerprint density at radius 2 is 1.86 bits per heavy atom. The molecule has 1 N–H and O–H groups in total. The van der Waals surface area contributed by atoms with E-state index in [-0.39, 0.29) is 25.0 Å². The van der Waals surface area contributed by atoms with Gasteiger partial charge in [-0.3, -0.25) is 4.79 Å². The van der Waals surface area contributed by atoms with Crippen molar-refractivity contribution < 1.29 is 19.1 Å². The molecule has 1 aromatic heterocycles. The largest absolute Gasteiger partial charge is 0.462 e. The number of ether oxygens (including phenoxy) is 2. The Kier molecular flexibility index (Phi) is 6.95. The molecule has 0 bridgehead atoms. The number of hydrogen-bond donors (Lipinski definition) is 1. The average Bonchev–Trinajstić information content (AvgIpc) is 3.16. The summed E-state index contributed by atoms with van der Waals surface area (Å²) in [6.45, 7) is 6.49. The molecule has 0 unspecified atom stereocenters. The van der Waals surface area contributed by atoms with Gasteiger partial charge in [-0.1, -0.05) is 24.3 Å². The smallest absolute Gasteiger partial charge is 0.340 e. The van der Waals surface area contributed by atoms with Crippen molar-refractivity contribution in [3.05, 3.63) is 58.0 Å². The van der Waals surface area contributed by atoms with Gasteiger partial charge in [0.05, 0.1) is 30.0 Å². The Morgan fingerprint density at radius 1 is 1.14 bits per heavy atom. The maximum Gasteiger partial charge on any atom is 0.340 e. The van der Waals surface area contributed by atoms with Crippen molar-refractivity contribution in [1.29, 1.82) is 0 Å². The molecule has 6 nitrogen and oxygen atoms in total. The molecule has 29 heavy (non-hydrogen) atoms. The van der Waals surface area contributed by atoms with Gasteiger partial charge < -0.3 is 14.8 Å². The number of rotatable bonds is 8. The fourth-order valence-corrected chi connectivity index (χ4v) is 3.81. The second-order valence-corrected chi connectivity index (χ2v) is 7.35. The molecule has 0 saturated heterocycles. The second kappa shape index (κ2) is 9.62. The van der Waals surface area contributed by atoms with Crippen LogP contribution < -0.4 is 5.32 Å². The summed E-state index contributed by atoms with van der Waals surface area (Å²) in [6, 6.07) is 11.2. The van der Waals surface area contributed by atoms with Crippen molar-refractivity contribution in [2.45, 2.75) is 33.3 Å². The zero-order chi connectivity index (χ0) is 20.8. The highest BCUT2D eigenvalue weighted by molar-refractivity contribution is 7.09. The molecular formula is C22H24N2O4S. The number of amides is 1. The summed E-state index contributed by atoms with van der Waals surface area (Å²) in [6.07, 6.45) is 0.0162. The van der Waals surface area contributed by atoms with Gasteiger partial charge in [0.2, 0.25) is 5.91 Å². The molecule has 0 fully saturated rings. The standard InChI is InChI=1S/C22H24N2O4S/c1-4-27-14(3)21-23-17(13-29-21)12-20(25)24-19-11-16-9-7-6-8-15(16)10-18(19)22(26)28-5-2/h6-11,13-14H,4-5,12H2,1-3H3,(H,24,25)/t14-/m1/s1. The maximum atomic E-state index is 12.6. The number of fused-ring (bicyclic) bond motifs is 1. The summed E-state index contributed by atoms with van der Waals surface area (Å²) < 4.78 is 10.7. The molecule has 1 amide bonds. The Hall–Kier alpha value is -2.77. The van der Waals surface area contributed by atoms with Crippen LogP contribution in [0.4, 0.5) is 5.69 Å². The summed E-state index contributed by atoms with van der Waals surface area (Å²) in [4.78, 5) is 29.5. The highest BCUT2D eigenvalue weighted by Crippen LogP contribution is 2.26. The van der Waals surface area contributed by atoms with Crippen LogP contribution in [0.5, 0.6) is 0 Å². The van der Waals surface area contributed by atoms with Gasteiger partial charge in [-0.05, 0) is 43.7 Å². The molecule has 3 aromatic rings. The van der Waals surface area contributed by atoms with Gasteiger partial charge in [-0.2, -0.15) is 0 Å². The molecule has 0 aliphatic rings. The van der Waals surface area contributed by atoms with E-state index in [1.807, 2.05) is 43.5 Å². The van der Waals surface area contributed by atoms with Crippen LogP contribution in [0.1, 0.15) is 47.9 Å². The summed E-state index contributed by atoms with van der Waals surface area (Å²) in [7, 11) is 0. The number of benzene rings is 2. The minimum atomic E-state index is -0.463.